The van der Waals surface area contributed by atoms with Crippen molar-refractivity contribution in [2.24, 2.45) is 5.92 Å². The molecule has 2 N–H and O–H groups in total. The molecule has 3 heteroatoms. The van der Waals surface area contributed by atoms with Gasteiger partial charge >= 0.3 is 0 Å². The van der Waals surface area contributed by atoms with Crippen molar-refractivity contribution in [1.82, 2.24) is 0 Å². The van der Waals surface area contributed by atoms with Crippen LogP contribution in [-0.2, 0) is 0 Å². The highest BCUT2D eigenvalue weighted by atomic mass is 32.1. The molecule has 1 aromatic carbocycles. The molecule has 0 amide bonds. The summed E-state index contributed by atoms with van der Waals surface area (Å²) in [7, 11) is 0. The number of thiophene rings is 1. The zero-order valence-corrected chi connectivity index (χ0v) is 11.2. The van der Waals surface area contributed by atoms with E-state index in [0.29, 0.717) is 23.6 Å². The van der Waals surface area contributed by atoms with Gasteiger partial charge in [0.25, 0.3) is 0 Å². The van der Waals surface area contributed by atoms with E-state index in [1.165, 1.54) is 10.4 Å². The molecule has 2 aliphatic rings. The van der Waals surface area contributed by atoms with E-state index in [1.54, 1.807) is 17.4 Å². The third kappa shape index (κ3) is 1.61. The number of rotatable bonds is 1. The second-order valence-electron chi connectivity index (χ2n) is 5.23. The van der Waals surface area contributed by atoms with E-state index < -0.39 is 0 Å². The molecule has 0 fully saturated rings. The number of para-hydroxylation sites is 1. The topological polar surface area (TPSA) is 32.3 Å². The fourth-order valence-electron chi connectivity index (χ4n) is 3.35. The molecular weight excluding hydrogens is 254 g/mol. The summed E-state index contributed by atoms with van der Waals surface area (Å²) in [6.07, 6.45) is 5.68. The van der Waals surface area contributed by atoms with E-state index in [2.05, 4.69) is 41.0 Å². The Balaban J connectivity index is 1.85. The van der Waals surface area contributed by atoms with Crippen molar-refractivity contribution in [1.29, 1.82) is 0 Å². The first kappa shape index (κ1) is 11.1. The molecule has 3 unspecified atom stereocenters. The third-order valence-corrected chi connectivity index (χ3v) is 5.18. The van der Waals surface area contributed by atoms with Gasteiger partial charge in [-0.25, -0.2) is 0 Å². The Bertz CT molecular complexity index is 632. The Morgan fingerprint density at radius 3 is 3.00 bits per heavy atom. The summed E-state index contributed by atoms with van der Waals surface area (Å²) in [5, 5.41) is 15.8. The van der Waals surface area contributed by atoms with Gasteiger partial charge in [-0.3, -0.25) is 0 Å². The minimum atomic E-state index is 0.306. The normalized spacial score (nSPS) is 27.7. The fourth-order valence-corrected chi connectivity index (χ4v) is 4.21. The maximum atomic E-state index is 10.1. The predicted molar refractivity (Wildman–Crippen MR) is 78.8 cm³/mol. The number of hydrogen-bond donors (Lipinski definition) is 2. The smallest absolute Gasteiger partial charge is 0.138 e. The van der Waals surface area contributed by atoms with Gasteiger partial charge in [-0.15, -0.1) is 11.3 Å². The van der Waals surface area contributed by atoms with Crippen LogP contribution >= 0.6 is 11.3 Å². The summed E-state index contributed by atoms with van der Waals surface area (Å²) in [6, 6.07) is 10.4. The molecule has 2 heterocycles. The Labute approximate surface area is 116 Å². The molecule has 19 heavy (non-hydrogen) atoms. The second-order valence-corrected chi connectivity index (χ2v) is 6.21. The van der Waals surface area contributed by atoms with Crippen LogP contribution in [0.4, 0.5) is 5.69 Å². The lowest BCUT2D eigenvalue weighted by molar-refractivity contribution is 0.419. The number of phenols is 1. The Morgan fingerprint density at radius 2 is 2.16 bits per heavy atom. The predicted octanol–water partition coefficient (Wildman–Crippen LogP) is 4.28. The lowest BCUT2D eigenvalue weighted by Crippen LogP contribution is -2.28. The number of anilines is 1. The molecule has 96 valence electrons. The molecule has 2 aromatic rings. The number of phenolic OH excluding ortho intramolecular Hbond substituents is 1. The van der Waals surface area contributed by atoms with Gasteiger partial charge in [-0.2, -0.15) is 0 Å². The van der Waals surface area contributed by atoms with Gasteiger partial charge < -0.3 is 10.4 Å². The molecular formula is C16H15NOS. The Hall–Kier alpha value is -1.74. The van der Waals surface area contributed by atoms with Crippen LogP contribution in [0.2, 0.25) is 0 Å². The number of allylic oxidation sites excluding steroid dienone is 2. The van der Waals surface area contributed by atoms with Gasteiger partial charge in [0.05, 0.1) is 11.7 Å². The molecule has 1 aliphatic carbocycles. The van der Waals surface area contributed by atoms with E-state index in [0.717, 1.165) is 12.1 Å². The van der Waals surface area contributed by atoms with Crippen LogP contribution in [0.5, 0.6) is 5.75 Å². The highest BCUT2D eigenvalue weighted by molar-refractivity contribution is 7.10. The fraction of sp³-hybridized carbons (Fsp3) is 0.250. The first-order valence-corrected chi connectivity index (χ1v) is 7.51. The molecule has 1 aliphatic heterocycles. The summed E-state index contributed by atoms with van der Waals surface area (Å²) >= 11 is 1.79. The number of nitrogens with one attached hydrogen (secondary N) is 1. The van der Waals surface area contributed by atoms with Crippen LogP contribution in [0.1, 0.15) is 28.8 Å². The minimum absolute atomic E-state index is 0.306. The van der Waals surface area contributed by atoms with Gasteiger partial charge in [0, 0.05) is 10.8 Å². The standard InChI is InChI=1S/C16H15NOS/c18-13-7-2-6-11-10-4-1-5-12(10)16(17-15(11)13)14-8-3-9-19-14/h1-4,6-10,12,16-18H,5H2. The highest BCUT2D eigenvalue weighted by Crippen LogP contribution is 2.52. The zero-order chi connectivity index (χ0) is 12.8. The van der Waals surface area contributed by atoms with Crippen molar-refractivity contribution >= 4 is 17.0 Å². The van der Waals surface area contributed by atoms with E-state index in [-0.39, 0.29) is 0 Å². The summed E-state index contributed by atoms with van der Waals surface area (Å²) in [4.78, 5) is 1.35. The number of hydrogen-bond acceptors (Lipinski definition) is 3. The molecule has 0 saturated carbocycles. The minimum Gasteiger partial charge on any atom is -0.506 e. The van der Waals surface area contributed by atoms with E-state index in [1.807, 2.05) is 6.07 Å². The van der Waals surface area contributed by atoms with Crippen molar-refractivity contribution in [2.45, 2.75) is 18.4 Å². The van der Waals surface area contributed by atoms with Crippen molar-refractivity contribution in [3.05, 3.63) is 58.3 Å². The molecule has 0 radical (unpaired) electrons. The maximum absolute atomic E-state index is 10.1. The first-order chi connectivity index (χ1) is 9.34. The van der Waals surface area contributed by atoms with Crippen LogP contribution < -0.4 is 5.32 Å². The quantitative estimate of drug-likeness (QED) is 0.598. The van der Waals surface area contributed by atoms with Crippen LogP contribution in [-0.4, -0.2) is 5.11 Å². The Kier molecular flexibility index (Phi) is 2.42. The van der Waals surface area contributed by atoms with Crippen LogP contribution in [0.3, 0.4) is 0 Å². The van der Waals surface area contributed by atoms with Crippen molar-refractivity contribution in [3.8, 4) is 5.75 Å². The van der Waals surface area contributed by atoms with E-state index >= 15 is 0 Å². The monoisotopic (exact) mass is 269 g/mol. The first-order valence-electron chi connectivity index (χ1n) is 6.63. The average Bonchev–Trinajstić information content (AvgIpc) is 3.10. The SMILES string of the molecule is Oc1cccc2c1NC(c1cccs1)C1CC=CC21. The van der Waals surface area contributed by atoms with E-state index in [4.69, 9.17) is 0 Å². The van der Waals surface area contributed by atoms with Crippen LogP contribution in [0, 0.1) is 5.92 Å². The van der Waals surface area contributed by atoms with Crippen LogP contribution in [0.25, 0.3) is 0 Å². The molecule has 0 bridgehead atoms. The van der Waals surface area contributed by atoms with Crippen molar-refractivity contribution in [3.63, 3.8) is 0 Å². The molecule has 2 nitrogen and oxygen atoms in total. The Morgan fingerprint density at radius 1 is 1.21 bits per heavy atom. The largest absolute Gasteiger partial charge is 0.506 e. The van der Waals surface area contributed by atoms with Gasteiger partial charge in [-0.05, 0) is 35.4 Å². The molecule has 0 spiro atoms. The lowest BCUT2D eigenvalue weighted by Gasteiger charge is -2.37. The van der Waals surface area contributed by atoms with Gasteiger partial charge in [0.2, 0.25) is 0 Å². The summed E-state index contributed by atoms with van der Waals surface area (Å²) in [6.45, 7) is 0. The second kappa shape index (κ2) is 4.14. The van der Waals surface area contributed by atoms with Crippen molar-refractivity contribution in [2.75, 3.05) is 5.32 Å². The molecule has 1 aromatic heterocycles. The van der Waals surface area contributed by atoms with Crippen molar-refractivity contribution < 1.29 is 5.11 Å². The zero-order valence-electron chi connectivity index (χ0n) is 10.4. The number of aromatic hydroxyl groups is 1. The van der Waals surface area contributed by atoms with E-state index in [9.17, 15) is 5.11 Å². The van der Waals surface area contributed by atoms with Gasteiger partial charge in [-0.1, -0.05) is 30.4 Å². The maximum Gasteiger partial charge on any atom is 0.138 e. The van der Waals surface area contributed by atoms with Gasteiger partial charge in [0.15, 0.2) is 0 Å². The third-order valence-electron chi connectivity index (χ3n) is 4.22. The lowest BCUT2D eigenvalue weighted by atomic mass is 9.79. The number of benzene rings is 1. The highest BCUT2D eigenvalue weighted by Gasteiger charge is 2.39. The molecule has 3 atom stereocenters. The van der Waals surface area contributed by atoms with Crippen LogP contribution in [0.15, 0.2) is 47.9 Å². The number of fused-ring (bicyclic) bond motifs is 3. The average molecular weight is 269 g/mol. The van der Waals surface area contributed by atoms with Gasteiger partial charge in [0.1, 0.15) is 5.75 Å². The summed E-state index contributed by atoms with van der Waals surface area (Å²) in [5.74, 6) is 1.35. The summed E-state index contributed by atoms with van der Waals surface area (Å²) < 4.78 is 0. The summed E-state index contributed by atoms with van der Waals surface area (Å²) in [5.41, 5.74) is 2.14. The molecule has 0 saturated heterocycles. The molecule has 4 rings (SSSR count).